The smallest absolute Gasteiger partial charge is 0.409 e. The van der Waals surface area contributed by atoms with E-state index in [1.807, 2.05) is 17.0 Å². The third kappa shape index (κ3) is 4.23. The van der Waals surface area contributed by atoms with Crippen molar-refractivity contribution in [1.29, 1.82) is 0 Å². The number of piperidine rings is 1. The number of aromatic nitrogens is 3. The maximum Gasteiger partial charge on any atom is 0.409 e. The number of anilines is 2. The van der Waals surface area contributed by atoms with Gasteiger partial charge in [0.1, 0.15) is 24.1 Å². The van der Waals surface area contributed by atoms with Gasteiger partial charge >= 0.3 is 6.09 Å². The molecule has 0 saturated carbocycles. The van der Waals surface area contributed by atoms with Gasteiger partial charge in [-0.1, -0.05) is 0 Å². The zero-order valence-electron chi connectivity index (χ0n) is 17.1. The lowest BCUT2D eigenvalue weighted by Gasteiger charge is -2.31. The van der Waals surface area contributed by atoms with Crippen molar-refractivity contribution in [1.82, 2.24) is 19.9 Å². The van der Waals surface area contributed by atoms with Crippen LogP contribution in [-0.4, -0.2) is 68.8 Å². The van der Waals surface area contributed by atoms with Crippen molar-refractivity contribution in [2.24, 2.45) is 0 Å². The molecule has 30 heavy (non-hydrogen) atoms. The number of hydrogen-bond acceptors (Lipinski definition) is 8. The highest BCUT2D eigenvalue weighted by Gasteiger charge is 2.30. The van der Waals surface area contributed by atoms with Crippen molar-refractivity contribution in [3.63, 3.8) is 0 Å². The molecule has 2 aromatic rings. The van der Waals surface area contributed by atoms with Crippen LogP contribution in [0.2, 0.25) is 0 Å². The highest BCUT2D eigenvalue weighted by atomic mass is 32.2. The van der Waals surface area contributed by atoms with Gasteiger partial charge in [-0.25, -0.2) is 19.7 Å². The number of ether oxygens (including phenoxy) is 2. The van der Waals surface area contributed by atoms with E-state index in [0.29, 0.717) is 30.5 Å². The van der Waals surface area contributed by atoms with Crippen molar-refractivity contribution < 1.29 is 18.5 Å². The summed E-state index contributed by atoms with van der Waals surface area (Å²) in [6, 6.07) is 3.69. The van der Waals surface area contributed by atoms with Crippen LogP contribution >= 0.6 is 0 Å². The second-order valence-corrected chi connectivity index (χ2v) is 8.57. The number of amides is 1. The van der Waals surface area contributed by atoms with Gasteiger partial charge in [-0.15, -0.1) is 0 Å². The first kappa shape index (κ1) is 20.5. The molecule has 0 radical (unpaired) electrons. The van der Waals surface area contributed by atoms with Crippen LogP contribution in [0.4, 0.5) is 16.4 Å². The summed E-state index contributed by atoms with van der Waals surface area (Å²) in [6.45, 7) is 4.14. The number of carbonyl (C=O) groups is 1. The fourth-order valence-electron chi connectivity index (χ4n) is 3.72. The molecule has 1 fully saturated rings. The second-order valence-electron chi connectivity index (χ2n) is 7.19. The lowest BCUT2D eigenvalue weighted by atomic mass is 10.1. The molecule has 4 rings (SSSR count). The summed E-state index contributed by atoms with van der Waals surface area (Å²) in [5.41, 5.74) is 0.968. The Kier molecular flexibility index (Phi) is 6.12. The van der Waals surface area contributed by atoms with Crippen LogP contribution in [0, 0.1) is 0 Å². The van der Waals surface area contributed by atoms with Crippen LogP contribution < -0.4 is 9.64 Å². The minimum atomic E-state index is -1.06. The van der Waals surface area contributed by atoms with Gasteiger partial charge in [0.25, 0.3) is 0 Å². The Morgan fingerprint density at radius 3 is 2.67 bits per heavy atom. The van der Waals surface area contributed by atoms with E-state index >= 15 is 0 Å². The third-order valence-electron chi connectivity index (χ3n) is 5.30. The molecule has 1 amide bonds. The van der Waals surface area contributed by atoms with Gasteiger partial charge in [0, 0.05) is 44.9 Å². The molecule has 0 aromatic carbocycles. The fraction of sp³-hybridized carbons (Fsp3) is 0.500. The fourth-order valence-corrected chi connectivity index (χ4v) is 4.18. The first-order valence-electron chi connectivity index (χ1n) is 10.1. The molecule has 0 aliphatic carbocycles. The molecule has 4 heterocycles. The van der Waals surface area contributed by atoms with Crippen LogP contribution in [0.5, 0.6) is 5.88 Å². The Labute approximate surface area is 177 Å². The molecule has 1 saturated heterocycles. The summed E-state index contributed by atoms with van der Waals surface area (Å²) in [6.07, 6.45) is 6.75. The minimum absolute atomic E-state index is 0.000619. The Bertz CT molecular complexity index is 931. The molecule has 2 aromatic heterocycles. The number of hydrogen-bond donors (Lipinski definition) is 0. The molecule has 0 bridgehead atoms. The molecule has 10 heteroatoms. The van der Waals surface area contributed by atoms with Crippen molar-refractivity contribution >= 4 is 28.5 Å². The van der Waals surface area contributed by atoms with E-state index < -0.39 is 10.8 Å². The second kappa shape index (κ2) is 8.95. The zero-order valence-corrected chi connectivity index (χ0v) is 17.9. The molecular formula is C20H25N5O4S. The summed E-state index contributed by atoms with van der Waals surface area (Å²) >= 11 is 0. The molecular weight excluding hydrogens is 406 g/mol. The normalized spacial score (nSPS) is 17.5. The molecule has 0 spiro atoms. The Hall–Kier alpha value is -2.75. The number of carbonyl (C=O) groups excluding carboxylic acids is 1. The predicted octanol–water partition coefficient (Wildman–Crippen LogP) is 2.30. The van der Waals surface area contributed by atoms with Crippen molar-refractivity contribution in [3.8, 4) is 5.88 Å². The highest BCUT2D eigenvalue weighted by Crippen LogP contribution is 2.36. The Balaban J connectivity index is 1.44. The van der Waals surface area contributed by atoms with Gasteiger partial charge in [-0.2, -0.15) is 0 Å². The average Bonchev–Trinajstić information content (AvgIpc) is 3.20. The lowest BCUT2D eigenvalue weighted by Crippen LogP contribution is -2.42. The van der Waals surface area contributed by atoms with Gasteiger partial charge in [0.05, 0.1) is 27.9 Å². The first-order chi connectivity index (χ1) is 14.6. The highest BCUT2D eigenvalue weighted by molar-refractivity contribution is 7.84. The monoisotopic (exact) mass is 431 g/mol. The van der Waals surface area contributed by atoms with Gasteiger partial charge < -0.3 is 19.3 Å². The maximum absolute atomic E-state index is 11.9. The van der Waals surface area contributed by atoms with Gasteiger partial charge in [0.15, 0.2) is 0 Å². The van der Waals surface area contributed by atoms with Crippen molar-refractivity contribution in [2.45, 2.75) is 37.2 Å². The lowest BCUT2D eigenvalue weighted by molar-refractivity contribution is 0.0685. The zero-order chi connectivity index (χ0) is 21.1. The molecule has 1 unspecified atom stereocenters. The molecule has 0 N–H and O–H groups in total. The standard InChI is InChI=1S/C20H25N5O4S/c1-3-28-20(26)24-9-6-14(7-10-24)29-19-16-8-11-25(18(16)22-13-23-19)17-5-4-15(12-21-17)30(2)27/h4-5,12-14H,3,6-11H2,1-2H3. The quantitative estimate of drug-likeness (QED) is 0.711. The van der Waals surface area contributed by atoms with Crippen LogP contribution in [0.3, 0.4) is 0 Å². The van der Waals surface area contributed by atoms with Crippen LogP contribution in [0.15, 0.2) is 29.6 Å². The van der Waals surface area contributed by atoms with Crippen molar-refractivity contribution in [2.75, 3.05) is 37.4 Å². The predicted molar refractivity (Wildman–Crippen MR) is 112 cm³/mol. The summed E-state index contributed by atoms with van der Waals surface area (Å²) in [4.78, 5) is 29.6. The maximum atomic E-state index is 11.9. The van der Waals surface area contributed by atoms with Crippen molar-refractivity contribution in [3.05, 3.63) is 30.2 Å². The van der Waals surface area contributed by atoms with Crippen LogP contribution in [0.25, 0.3) is 0 Å². The van der Waals surface area contributed by atoms with E-state index in [1.54, 1.807) is 24.3 Å². The number of fused-ring (bicyclic) bond motifs is 1. The number of pyridine rings is 1. The van der Waals surface area contributed by atoms with E-state index in [0.717, 1.165) is 43.0 Å². The average molecular weight is 432 g/mol. The van der Waals surface area contributed by atoms with E-state index in [2.05, 4.69) is 15.0 Å². The van der Waals surface area contributed by atoms with E-state index in [4.69, 9.17) is 9.47 Å². The van der Waals surface area contributed by atoms with Crippen LogP contribution in [-0.2, 0) is 22.0 Å². The molecule has 2 aliphatic rings. The SMILES string of the molecule is CCOC(=O)N1CCC(Oc2ncnc3c2CCN3c2ccc(S(C)=O)cn2)CC1. The van der Waals surface area contributed by atoms with E-state index in [9.17, 15) is 9.00 Å². The van der Waals surface area contributed by atoms with Gasteiger partial charge in [-0.05, 0) is 25.5 Å². The number of nitrogens with zero attached hydrogens (tertiary/aromatic N) is 5. The number of rotatable bonds is 5. The number of likely N-dealkylation sites (tertiary alicyclic amines) is 1. The van der Waals surface area contributed by atoms with E-state index in [1.165, 1.54) is 6.33 Å². The molecule has 160 valence electrons. The van der Waals surface area contributed by atoms with Gasteiger partial charge in [-0.3, -0.25) is 4.21 Å². The summed E-state index contributed by atoms with van der Waals surface area (Å²) < 4.78 is 22.9. The largest absolute Gasteiger partial charge is 0.474 e. The topological polar surface area (TPSA) is 97.7 Å². The van der Waals surface area contributed by atoms with Gasteiger partial charge in [0.2, 0.25) is 5.88 Å². The molecule has 2 aliphatic heterocycles. The summed E-state index contributed by atoms with van der Waals surface area (Å²) in [5, 5.41) is 0. The van der Waals surface area contributed by atoms with Crippen LogP contribution in [0.1, 0.15) is 25.3 Å². The Morgan fingerprint density at radius 1 is 1.20 bits per heavy atom. The summed E-state index contributed by atoms with van der Waals surface area (Å²) in [5.74, 6) is 2.15. The van der Waals surface area contributed by atoms with E-state index in [-0.39, 0.29) is 12.2 Å². The first-order valence-corrected chi connectivity index (χ1v) is 11.6. The molecule has 1 atom stereocenters. The minimum Gasteiger partial charge on any atom is -0.474 e. The molecule has 9 nitrogen and oxygen atoms in total. The third-order valence-corrected chi connectivity index (χ3v) is 6.21. The Morgan fingerprint density at radius 2 is 2.00 bits per heavy atom. The summed E-state index contributed by atoms with van der Waals surface area (Å²) in [7, 11) is -1.06.